The van der Waals surface area contributed by atoms with E-state index in [2.05, 4.69) is 26.5 Å². The molecule has 0 spiro atoms. The predicted molar refractivity (Wildman–Crippen MR) is 72.9 cm³/mol. The summed E-state index contributed by atoms with van der Waals surface area (Å²) in [7, 11) is 0. The molecule has 2 rings (SSSR count). The highest BCUT2D eigenvalue weighted by Gasteiger charge is 2.24. The fourth-order valence-electron chi connectivity index (χ4n) is 2.62. The molecular weight excluding hydrogens is 226 g/mol. The van der Waals surface area contributed by atoms with E-state index in [1.54, 1.807) is 6.08 Å². The van der Waals surface area contributed by atoms with Gasteiger partial charge in [0.25, 0.3) is 0 Å². The Labute approximate surface area is 108 Å². The zero-order chi connectivity index (χ0) is 13.3. The molecule has 18 heavy (non-hydrogen) atoms. The number of hydrogen-bond donors (Lipinski definition) is 2. The summed E-state index contributed by atoms with van der Waals surface area (Å²) in [4.78, 5) is 0. The lowest BCUT2D eigenvalue weighted by Gasteiger charge is -2.15. The second kappa shape index (κ2) is 4.92. The third-order valence-electron chi connectivity index (χ3n) is 3.40. The fourth-order valence-corrected chi connectivity index (χ4v) is 2.62. The van der Waals surface area contributed by atoms with Crippen LogP contribution in [0.25, 0.3) is 0 Å². The van der Waals surface area contributed by atoms with Gasteiger partial charge in [0.2, 0.25) is 0 Å². The van der Waals surface area contributed by atoms with Gasteiger partial charge in [-0.25, -0.2) is 0 Å². The maximum Gasteiger partial charge on any atom is 0.198 e. The molecule has 98 valence electrons. The Hall–Kier alpha value is -1.64. The van der Waals surface area contributed by atoms with Crippen molar-refractivity contribution in [3.8, 4) is 11.8 Å². The fraction of sp³-hybridized carbons (Fsp3) is 0.467. The van der Waals surface area contributed by atoms with Crippen LogP contribution >= 0.6 is 0 Å². The van der Waals surface area contributed by atoms with E-state index in [9.17, 15) is 10.2 Å². The zero-order valence-electron chi connectivity index (χ0n) is 11.1. The van der Waals surface area contributed by atoms with Crippen molar-refractivity contribution in [1.82, 2.24) is 4.57 Å². The van der Waals surface area contributed by atoms with Crippen molar-refractivity contribution < 1.29 is 10.2 Å². The number of hydrogen-bond acceptors (Lipinski definition) is 2. The van der Waals surface area contributed by atoms with Crippen molar-refractivity contribution in [3.63, 3.8) is 0 Å². The maximum atomic E-state index is 10.2. The molecule has 3 heteroatoms. The summed E-state index contributed by atoms with van der Waals surface area (Å²) in [5.74, 6) is 0.989. The molecule has 0 bridgehead atoms. The molecule has 1 aromatic heterocycles. The Morgan fingerprint density at radius 3 is 2.61 bits per heavy atom. The minimum absolute atomic E-state index is 0.183. The molecule has 1 aromatic rings. The van der Waals surface area contributed by atoms with Gasteiger partial charge < -0.3 is 10.2 Å². The molecule has 3 nitrogen and oxygen atoms in total. The van der Waals surface area contributed by atoms with Gasteiger partial charge in [-0.2, -0.15) is 0 Å². The van der Waals surface area contributed by atoms with Crippen LogP contribution in [0.5, 0.6) is 11.8 Å². The van der Waals surface area contributed by atoms with Crippen molar-refractivity contribution in [2.75, 3.05) is 0 Å². The molecule has 0 fully saturated rings. The molecule has 1 heterocycles. The first-order valence-corrected chi connectivity index (χ1v) is 6.45. The minimum atomic E-state index is 0.183. The maximum absolute atomic E-state index is 10.2. The number of nitrogens with zero attached hydrogens (tertiary/aromatic N) is 1. The third kappa shape index (κ3) is 2.17. The van der Waals surface area contributed by atoms with E-state index in [0.29, 0.717) is 18.9 Å². The van der Waals surface area contributed by atoms with Crippen LogP contribution in [0.1, 0.15) is 31.4 Å². The first-order chi connectivity index (χ1) is 8.54. The van der Waals surface area contributed by atoms with Gasteiger partial charge in [-0.05, 0) is 25.2 Å². The van der Waals surface area contributed by atoms with Gasteiger partial charge in [0.05, 0.1) is 0 Å². The average Bonchev–Trinajstić information content (AvgIpc) is 2.54. The topological polar surface area (TPSA) is 45.4 Å². The molecule has 0 aromatic carbocycles. The van der Waals surface area contributed by atoms with Crippen LogP contribution in [0.15, 0.2) is 24.3 Å². The van der Waals surface area contributed by atoms with Crippen LogP contribution in [0.3, 0.4) is 0 Å². The van der Waals surface area contributed by atoms with Gasteiger partial charge in [-0.1, -0.05) is 31.6 Å². The van der Waals surface area contributed by atoms with E-state index in [-0.39, 0.29) is 11.8 Å². The highest BCUT2D eigenvalue weighted by atomic mass is 16.3. The van der Waals surface area contributed by atoms with Crippen molar-refractivity contribution >= 4 is 0 Å². The van der Waals surface area contributed by atoms with E-state index in [0.717, 1.165) is 24.0 Å². The molecule has 1 aliphatic carbocycles. The summed E-state index contributed by atoms with van der Waals surface area (Å²) < 4.78 is 1.52. The smallest absolute Gasteiger partial charge is 0.198 e. The monoisotopic (exact) mass is 247 g/mol. The van der Waals surface area contributed by atoms with Crippen molar-refractivity contribution in [3.05, 3.63) is 35.4 Å². The van der Waals surface area contributed by atoms with Crippen LogP contribution in [0.2, 0.25) is 0 Å². The van der Waals surface area contributed by atoms with Gasteiger partial charge in [0, 0.05) is 17.7 Å². The summed E-state index contributed by atoms with van der Waals surface area (Å²) in [6.45, 7) is 8.46. The second-order valence-electron chi connectivity index (χ2n) is 5.34. The summed E-state index contributed by atoms with van der Waals surface area (Å²) >= 11 is 0. The Kier molecular flexibility index (Phi) is 3.50. The Balaban J connectivity index is 2.31. The number of aromatic nitrogens is 1. The van der Waals surface area contributed by atoms with Gasteiger partial charge in [-0.15, -0.1) is 6.58 Å². The molecule has 0 atom stereocenters. The van der Waals surface area contributed by atoms with Gasteiger partial charge in [0.15, 0.2) is 11.8 Å². The Bertz CT molecular complexity index is 495. The molecule has 0 radical (unpaired) electrons. The van der Waals surface area contributed by atoms with Crippen molar-refractivity contribution in [2.45, 2.75) is 39.7 Å². The van der Waals surface area contributed by atoms with Crippen LogP contribution in [0, 0.1) is 5.92 Å². The lowest BCUT2D eigenvalue weighted by Crippen LogP contribution is -2.03. The number of aromatic hydroxyl groups is 2. The number of rotatable bonds is 4. The predicted octanol–water partition coefficient (Wildman–Crippen LogP) is 3.16. The number of fused-ring (bicyclic) bond motifs is 1. The molecule has 0 saturated carbocycles. The molecule has 2 N–H and O–H groups in total. The quantitative estimate of drug-likeness (QED) is 0.803. The minimum Gasteiger partial charge on any atom is -0.494 e. The van der Waals surface area contributed by atoms with Crippen LogP contribution < -0.4 is 0 Å². The van der Waals surface area contributed by atoms with Crippen LogP contribution in [-0.2, 0) is 19.4 Å². The summed E-state index contributed by atoms with van der Waals surface area (Å²) in [5, 5.41) is 20.2. The van der Waals surface area contributed by atoms with Gasteiger partial charge in [-0.3, -0.25) is 4.57 Å². The van der Waals surface area contributed by atoms with Crippen LogP contribution in [0.4, 0.5) is 0 Å². The molecule has 0 unspecified atom stereocenters. The SMILES string of the molecule is C=CCn1c(O)c2c(c1O)CC(CC(C)C)=CC2. The molecule has 1 aliphatic rings. The van der Waals surface area contributed by atoms with E-state index in [1.807, 2.05) is 0 Å². The Morgan fingerprint density at radius 1 is 1.33 bits per heavy atom. The first kappa shape index (κ1) is 12.8. The summed E-state index contributed by atoms with van der Waals surface area (Å²) in [6.07, 6.45) is 6.36. The first-order valence-electron chi connectivity index (χ1n) is 6.45. The van der Waals surface area contributed by atoms with Crippen molar-refractivity contribution in [2.24, 2.45) is 5.92 Å². The standard InChI is InChI=1S/C15H21NO2/c1-4-7-16-14(17)12-6-5-11(8-10(2)3)9-13(12)15(16)18/h4-5,10,17-18H,1,6-9H2,2-3H3. The number of allylic oxidation sites excluding steroid dienone is 3. The molecule has 0 amide bonds. The molecule has 0 saturated heterocycles. The van der Waals surface area contributed by atoms with E-state index in [1.165, 1.54) is 10.1 Å². The van der Waals surface area contributed by atoms with E-state index in [4.69, 9.17) is 0 Å². The average molecular weight is 247 g/mol. The van der Waals surface area contributed by atoms with Gasteiger partial charge >= 0.3 is 0 Å². The third-order valence-corrected chi connectivity index (χ3v) is 3.40. The summed E-state index contributed by atoms with van der Waals surface area (Å²) in [5.41, 5.74) is 3.10. The van der Waals surface area contributed by atoms with Crippen LogP contribution in [-0.4, -0.2) is 14.8 Å². The van der Waals surface area contributed by atoms with Gasteiger partial charge in [0.1, 0.15) is 0 Å². The van der Waals surface area contributed by atoms with E-state index < -0.39 is 0 Å². The van der Waals surface area contributed by atoms with E-state index >= 15 is 0 Å². The molecular formula is C15H21NO2. The lowest BCUT2D eigenvalue weighted by atomic mass is 9.90. The van der Waals surface area contributed by atoms with Crippen molar-refractivity contribution in [1.29, 1.82) is 0 Å². The molecule has 0 aliphatic heterocycles. The highest BCUT2D eigenvalue weighted by molar-refractivity contribution is 5.50. The zero-order valence-corrected chi connectivity index (χ0v) is 11.1. The lowest BCUT2D eigenvalue weighted by molar-refractivity contribution is 0.376. The highest BCUT2D eigenvalue weighted by Crippen LogP contribution is 2.39. The second-order valence-corrected chi connectivity index (χ2v) is 5.34. The largest absolute Gasteiger partial charge is 0.494 e. The summed E-state index contributed by atoms with van der Waals surface area (Å²) in [6, 6.07) is 0. The normalized spacial score (nSPS) is 14.5. The Morgan fingerprint density at radius 2 is 2.00 bits per heavy atom.